The van der Waals surface area contributed by atoms with Gasteiger partial charge < -0.3 is 5.73 Å². The quantitative estimate of drug-likeness (QED) is 0.660. The minimum atomic E-state index is -0.373. The van der Waals surface area contributed by atoms with Gasteiger partial charge in [0.2, 0.25) is 0 Å². The van der Waals surface area contributed by atoms with Gasteiger partial charge in [0.1, 0.15) is 10.9 Å². The zero-order valence-corrected chi connectivity index (χ0v) is 17.8. The first-order valence-corrected chi connectivity index (χ1v) is 10.4. The summed E-state index contributed by atoms with van der Waals surface area (Å²) in [4.78, 5) is 0. The van der Waals surface area contributed by atoms with Crippen molar-refractivity contribution in [1.29, 1.82) is 0 Å². The molecule has 2 N–H and O–H groups in total. The van der Waals surface area contributed by atoms with Crippen LogP contribution in [0, 0.1) is 19.7 Å². The second kappa shape index (κ2) is 7.81. The van der Waals surface area contributed by atoms with Crippen LogP contribution < -0.4 is 10.7 Å². The van der Waals surface area contributed by atoms with Gasteiger partial charge in [-0.15, -0.1) is 0 Å². The number of nitrogens with two attached hydrogens (primary N) is 1. The minimum absolute atomic E-state index is 0.0233. The zero-order valence-electron chi connectivity index (χ0n) is 16.3. The molecule has 152 valence electrons. The van der Waals surface area contributed by atoms with Crippen molar-refractivity contribution in [2.24, 2.45) is 10.8 Å². The fourth-order valence-corrected chi connectivity index (χ4v) is 4.41. The number of rotatable bonds is 5. The van der Waals surface area contributed by atoms with Crippen molar-refractivity contribution in [3.05, 3.63) is 64.3 Å². The van der Waals surface area contributed by atoms with E-state index in [1.807, 2.05) is 36.9 Å². The fraction of sp³-hybridized carbons (Fsp3) is 0.316. The Morgan fingerprint density at radius 1 is 1.24 bits per heavy atom. The highest BCUT2D eigenvalue weighted by Gasteiger charge is 2.31. The van der Waals surface area contributed by atoms with Crippen LogP contribution in [0.15, 0.2) is 41.6 Å². The molecule has 0 bridgehead atoms. The zero-order chi connectivity index (χ0) is 20.7. The monoisotopic (exact) mass is 433 g/mol. The van der Waals surface area contributed by atoms with Gasteiger partial charge in [0.15, 0.2) is 11.3 Å². The number of thioether (sulfide) groups is 1. The molecule has 1 aliphatic rings. The summed E-state index contributed by atoms with van der Waals surface area (Å²) in [6.07, 6.45) is 1.82. The Kier molecular flexibility index (Phi) is 5.37. The van der Waals surface area contributed by atoms with E-state index in [9.17, 15) is 4.39 Å². The van der Waals surface area contributed by atoms with Crippen LogP contribution in [-0.2, 0) is 6.54 Å². The highest BCUT2D eigenvalue weighted by atomic mass is 35.5. The van der Waals surface area contributed by atoms with Crippen molar-refractivity contribution in [1.82, 2.24) is 19.6 Å². The lowest BCUT2D eigenvalue weighted by molar-refractivity contribution is 0.591. The number of aromatic nitrogens is 4. The predicted octanol–water partition coefficient (Wildman–Crippen LogP) is 3.91. The average Bonchev–Trinajstić information content (AvgIpc) is 3.35. The summed E-state index contributed by atoms with van der Waals surface area (Å²) >= 11 is 7.61. The second-order valence-corrected chi connectivity index (χ2v) is 8.49. The van der Waals surface area contributed by atoms with Gasteiger partial charge in [-0.1, -0.05) is 29.4 Å². The van der Waals surface area contributed by atoms with E-state index in [2.05, 4.69) is 17.1 Å². The van der Waals surface area contributed by atoms with Gasteiger partial charge in [-0.3, -0.25) is 9.36 Å². The van der Waals surface area contributed by atoms with E-state index >= 15 is 0 Å². The summed E-state index contributed by atoms with van der Waals surface area (Å²) in [6, 6.07) is 8.20. The first kappa shape index (κ1) is 19.9. The lowest BCUT2D eigenvalue weighted by Gasteiger charge is -2.15. The van der Waals surface area contributed by atoms with Crippen LogP contribution in [0.5, 0.6) is 0 Å². The van der Waals surface area contributed by atoms with Gasteiger partial charge in [-0.25, -0.2) is 9.40 Å². The summed E-state index contributed by atoms with van der Waals surface area (Å²) < 4.78 is 16.9. The van der Waals surface area contributed by atoms with E-state index in [1.54, 1.807) is 15.8 Å². The van der Waals surface area contributed by atoms with Crippen LogP contribution >= 0.6 is 23.4 Å². The predicted molar refractivity (Wildman–Crippen MR) is 115 cm³/mol. The molecule has 2 aromatic heterocycles. The molecule has 0 aliphatic carbocycles. The van der Waals surface area contributed by atoms with Crippen LogP contribution in [-0.4, -0.2) is 30.1 Å². The van der Waals surface area contributed by atoms with Crippen molar-refractivity contribution < 1.29 is 4.39 Å². The van der Waals surface area contributed by atoms with Crippen LogP contribution in [0.3, 0.4) is 0 Å². The van der Waals surface area contributed by atoms with Crippen LogP contribution in [0.4, 0.5) is 10.2 Å². The number of aryl methyl sites for hydroxylation is 2. The van der Waals surface area contributed by atoms with Gasteiger partial charge in [0.25, 0.3) is 0 Å². The standard InChI is InChI=1S/C19H21ClFN7S/c1-11-8-12(2)27(23-11)13(3)18-25-28(19(22)29-18)17-6-7-26(24-17)10-14-4-5-15(21)9-16(14)20/h4-9,13,19H,10,22H2,1-3H3. The number of benzene rings is 1. The summed E-state index contributed by atoms with van der Waals surface area (Å²) in [5.74, 6) is 0.275. The van der Waals surface area contributed by atoms with E-state index in [4.69, 9.17) is 22.4 Å². The molecule has 0 fully saturated rings. The number of anilines is 1. The van der Waals surface area contributed by atoms with E-state index in [-0.39, 0.29) is 17.4 Å². The SMILES string of the molecule is Cc1cc(C)n(C(C)C2=NN(c3ccn(Cc4ccc(F)cc4Cl)n3)C(N)S2)n1. The molecule has 3 heterocycles. The van der Waals surface area contributed by atoms with Crippen LogP contribution in [0.25, 0.3) is 0 Å². The topological polar surface area (TPSA) is 77.3 Å². The van der Waals surface area contributed by atoms with Gasteiger partial charge >= 0.3 is 0 Å². The highest BCUT2D eigenvalue weighted by molar-refractivity contribution is 8.14. The van der Waals surface area contributed by atoms with Gasteiger partial charge in [0, 0.05) is 23.0 Å². The van der Waals surface area contributed by atoms with E-state index in [1.165, 1.54) is 23.9 Å². The number of hydrogen-bond acceptors (Lipinski definition) is 6. The third kappa shape index (κ3) is 4.03. The lowest BCUT2D eigenvalue weighted by atomic mass is 10.2. The van der Waals surface area contributed by atoms with Gasteiger partial charge in [-0.2, -0.15) is 15.3 Å². The summed E-state index contributed by atoms with van der Waals surface area (Å²) in [6.45, 7) is 6.47. The second-order valence-electron chi connectivity index (χ2n) is 6.95. The first-order valence-electron chi connectivity index (χ1n) is 9.12. The molecule has 29 heavy (non-hydrogen) atoms. The number of hydrazone groups is 1. The average molecular weight is 434 g/mol. The van der Waals surface area contributed by atoms with Crippen molar-refractivity contribution in [2.75, 3.05) is 5.01 Å². The Balaban J connectivity index is 1.53. The molecule has 0 radical (unpaired) electrons. The van der Waals surface area contributed by atoms with E-state index in [0.717, 1.165) is 22.0 Å². The molecule has 0 saturated heterocycles. The smallest absolute Gasteiger partial charge is 0.173 e. The summed E-state index contributed by atoms with van der Waals surface area (Å²) in [7, 11) is 0. The third-order valence-corrected chi connectivity index (χ3v) is 6.12. The molecule has 0 saturated carbocycles. The molecule has 4 rings (SSSR count). The number of nitrogens with zero attached hydrogens (tertiary/aromatic N) is 6. The fourth-order valence-electron chi connectivity index (χ4n) is 3.25. The Hall–Kier alpha value is -2.36. The summed E-state index contributed by atoms with van der Waals surface area (Å²) in [5.41, 5.74) is 8.75. The third-order valence-electron chi connectivity index (χ3n) is 4.67. The van der Waals surface area contributed by atoms with E-state index < -0.39 is 0 Å². The van der Waals surface area contributed by atoms with Crippen molar-refractivity contribution >= 4 is 34.2 Å². The molecule has 10 heteroatoms. The molecule has 1 aliphatic heterocycles. The molecule has 0 spiro atoms. The van der Waals surface area contributed by atoms with Crippen molar-refractivity contribution in [3.8, 4) is 0 Å². The molecule has 2 atom stereocenters. The molecular formula is C19H21ClFN7S. The molecule has 0 amide bonds. The molecule has 3 aromatic rings. The minimum Gasteiger partial charge on any atom is -0.301 e. The summed E-state index contributed by atoms with van der Waals surface area (Å²) in [5, 5.41) is 16.7. The maximum absolute atomic E-state index is 13.2. The Morgan fingerprint density at radius 2 is 2.03 bits per heavy atom. The molecule has 1 aromatic carbocycles. The van der Waals surface area contributed by atoms with Crippen molar-refractivity contribution in [3.63, 3.8) is 0 Å². The largest absolute Gasteiger partial charge is 0.301 e. The van der Waals surface area contributed by atoms with Crippen molar-refractivity contribution in [2.45, 2.75) is 38.9 Å². The van der Waals surface area contributed by atoms with Gasteiger partial charge in [0.05, 0.1) is 18.3 Å². The molecule has 2 unspecified atom stereocenters. The van der Waals surface area contributed by atoms with Gasteiger partial charge in [-0.05, 0) is 44.5 Å². The van der Waals surface area contributed by atoms with Crippen LogP contribution in [0.1, 0.15) is 29.9 Å². The first-order chi connectivity index (χ1) is 13.8. The normalized spacial score (nSPS) is 17.7. The Morgan fingerprint density at radius 3 is 2.72 bits per heavy atom. The van der Waals surface area contributed by atoms with Crippen LogP contribution in [0.2, 0.25) is 5.02 Å². The Labute approximate surface area is 177 Å². The maximum atomic E-state index is 13.2. The molecular weight excluding hydrogens is 413 g/mol. The Bertz CT molecular complexity index is 1080. The number of hydrogen-bond donors (Lipinski definition) is 1. The maximum Gasteiger partial charge on any atom is 0.173 e. The number of halogens is 2. The lowest BCUT2D eigenvalue weighted by Crippen LogP contribution is -2.32. The van der Waals surface area contributed by atoms with E-state index in [0.29, 0.717) is 17.4 Å². The highest BCUT2D eigenvalue weighted by Crippen LogP contribution is 2.32. The molecule has 7 nitrogen and oxygen atoms in total.